The van der Waals surface area contributed by atoms with Gasteiger partial charge in [0.1, 0.15) is 0 Å². The second kappa shape index (κ2) is 3.56. The number of hydrogen-bond acceptors (Lipinski definition) is 2. The highest BCUT2D eigenvalue weighted by Crippen LogP contribution is 2.45. The molecule has 0 atom stereocenters. The van der Waals surface area contributed by atoms with Crippen molar-refractivity contribution in [2.45, 2.75) is 6.92 Å². The van der Waals surface area contributed by atoms with Crippen LogP contribution in [0.15, 0.2) is 48.5 Å². The van der Waals surface area contributed by atoms with Gasteiger partial charge in [0.2, 0.25) is 0 Å². The first-order valence-electron chi connectivity index (χ1n) is 5.53. The predicted molar refractivity (Wildman–Crippen MR) is 65.6 cm³/mol. The number of anilines is 2. The molecule has 0 unspecified atom stereocenters. The second-order valence-corrected chi connectivity index (χ2v) is 3.78. The zero-order valence-corrected chi connectivity index (χ0v) is 9.18. The van der Waals surface area contributed by atoms with Crippen LogP contribution in [0, 0.1) is 0 Å². The average Bonchev–Trinajstić information content (AvgIpc) is 2.36. The zero-order valence-electron chi connectivity index (χ0n) is 9.18. The molecule has 0 spiro atoms. The lowest BCUT2D eigenvalue weighted by Crippen LogP contribution is -2.20. The predicted octanol–water partition coefficient (Wildman–Crippen LogP) is 3.95. The molecule has 0 amide bonds. The van der Waals surface area contributed by atoms with Gasteiger partial charge >= 0.3 is 0 Å². The van der Waals surface area contributed by atoms with Crippen LogP contribution in [-0.4, -0.2) is 6.54 Å². The molecule has 3 rings (SSSR count). The minimum Gasteiger partial charge on any atom is -0.453 e. The van der Waals surface area contributed by atoms with E-state index in [1.165, 1.54) is 0 Å². The van der Waals surface area contributed by atoms with Crippen molar-refractivity contribution in [3.8, 4) is 11.5 Å². The topological polar surface area (TPSA) is 12.5 Å². The SMILES string of the molecule is CCN1c2ccccc2Oc2ccccc21. The Kier molecular flexibility index (Phi) is 2.07. The van der Waals surface area contributed by atoms with Crippen LogP contribution in [-0.2, 0) is 0 Å². The van der Waals surface area contributed by atoms with Crippen molar-refractivity contribution in [3.63, 3.8) is 0 Å². The maximum Gasteiger partial charge on any atom is 0.151 e. The lowest BCUT2D eigenvalue weighted by molar-refractivity contribution is 0.474. The van der Waals surface area contributed by atoms with E-state index >= 15 is 0 Å². The van der Waals surface area contributed by atoms with Gasteiger partial charge in [-0.1, -0.05) is 24.3 Å². The van der Waals surface area contributed by atoms with Gasteiger partial charge in [-0.3, -0.25) is 0 Å². The Balaban J connectivity index is 2.19. The highest BCUT2D eigenvalue weighted by Gasteiger charge is 2.21. The number of benzene rings is 2. The van der Waals surface area contributed by atoms with E-state index in [4.69, 9.17) is 4.74 Å². The second-order valence-electron chi connectivity index (χ2n) is 3.78. The molecule has 80 valence electrons. The van der Waals surface area contributed by atoms with E-state index in [1.54, 1.807) is 0 Å². The molecule has 2 heteroatoms. The molecule has 2 nitrogen and oxygen atoms in total. The standard InChI is InChI=1S/C14H13NO/c1-2-15-11-7-3-5-9-13(11)16-14-10-6-4-8-12(14)15/h3-10H,2H2,1H3. The first-order valence-corrected chi connectivity index (χ1v) is 5.53. The number of nitrogens with zero attached hydrogens (tertiary/aromatic N) is 1. The maximum atomic E-state index is 5.87. The van der Waals surface area contributed by atoms with E-state index in [0.717, 1.165) is 29.4 Å². The number of fused-ring (bicyclic) bond motifs is 2. The van der Waals surface area contributed by atoms with Crippen LogP contribution in [0.5, 0.6) is 11.5 Å². The first-order chi connectivity index (χ1) is 7.90. The monoisotopic (exact) mass is 211 g/mol. The Morgan fingerprint density at radius 3 is 1.88 bits per heavy atom. The van der Waals surface area contributed by atoms with Crippen LogP contribution < -0.4 is 9.64 Å². The smallest absolute Gasteiger partial charge is 0.151 e. The van der Waals surface area contributed by atoms with Crippen molar-refractivity contribution in [1.29, 1.82) is 0 Å². The minimum absolute atomic E-state index is 0.933. The van der Waals surface area contributed by atoms with Gasteiger partial charge in [0.25, 0.3) is 0 Å². The Bertz CT molecular complexity index is 476. The normalized spacial score (nSPS) is 12.7. The van der Waals surface area contributed by atoms with E-state index in [2.05, 4.69) is 24.0 Å². The van der Waals surface area contributed by atoms with Crippen LogP contribution in [0.25, 0.3) is 0 Å². The Morgan fingerprint density at radius 1 is 0.875 bits per heavy atom. The lowest BCUT2D eigenvalue weighted by Gasteiger charge is -2.31. The highest BCUT2D eigenvalue weighted by molar-refractivity contribution is 5.77. The van der Waals surface area contributed by atoms with Gasteiger partial charge in [-0.05, 0) is 31.2 Å². The molecular weight excluding hydrogens is 198 g/mol. The van der Waals surface area contributed by atoms with Crippen molar-refractivity contribution in [2.75, 3.05) is 11.4 Å². The van der Waals surface area contributed by atoms with Crippen LogP contribution >= 0.6 is 0 Å². The molecule has 2 aromatic rings. The lowest BCUT2D eigenvalue weighted by atomic mass is 10.1. The van der Waals surface area contributed by atoms with E-state index in [1.807, 2.05) is 36.4 Å². The van der Waals surface area contributed by atoms with Gasteiger partial charge in [-0.15, -0.1) is 0 Å². The zero-order chi connectivity index (χ0) is 11.0. The Morgan fingerprint density at radius 2 is 1.38 bits per heavy atom. The van der Waals surface area contributed by atoms with Gasteiger partial charge in [0.05, 0.1) is 11.4 Å². The molecule has 1 aliphatic heterocycles. The summed E-state index contributed by atoms with van der Waals surface area (Å²) in [6.07, 6.45) is 0. The fourth-order valence-corrected chi connectivity index (χ4v) is 2.12. The third kappa shape index (κ3) is 1.27. The van der Waals surface area contributed by atoms with Gasteiger partial charge in [0, 0.05) is 6.54 Å². The average molecular weight is 211 g/mol. The van der Waals surface area contributed by atoms with E-state index in [-0.39, 0.29) is 0 Å². The molecule has 0 fully saturated rings. The molecule has 0 saturated carbocycles. The molecule has 0 N–H and O–H groups in total. The fourth-order valence-electron chi connectivity index (χ4n) is 2.12. The molecule has 0 bridgehead atoms. The third-order valence-electron chi connectivity index (χ3n) is 2.85. The van der Waals surface area contributed by atoms with Crippen LogP contribution in [0.4, 0.5) is 11.4 Å². The summed E-state index contributed by atoms with van der Waals surface area (Å²) in [7, 11) is 0. The number of para-hydroxylation sites is 4. The molecule has 1 aliphatic rings. The van der Waals surface area contributed by atoms with Crippen LogP contribution in [0.3, 0.4) is 0 Å². The number of ether oxygens (including phenoxy) is 1. The summed E-state index contributed by atoms with van der Waals surface area (Å²) in [5.41, 5.74) is 2.28. The van der Waals surface area contributed by atoms with Crippen molar-refractivity contribution in [1.82, 2.24) is 0 Å². The largest absolute Gasteiger partial charge is 0.453 e. The molecular formula is C14H13NO. The number of hydrogen-bond donors (Lipinski definition) is 0. The van der Waals surface area contributed by atoms with Gasteiger partial charge in [-0.2, -0.15) is 0 Å². The van der Waals surface area contributed by atoms with E-state index < -0.39 is 0 Å². The third-order valence-corrected chi connectivity index (χ3v) is 2.85. The highest BCUT2D eigenvalue weighted by atomic mass is 16.5. The van der Waals surface area contributed by atoms with Crippen LogP contribution in [0.1, 0.15) is 6.92 Å². The van der Waals surface area contributed by atoms with Crippen molar-refractivity contribution in [3.05, 3.63) is 48.5 Å². The molecule has 0 aromatic heterocycles. The molecule has 0 radical (unpaired) electrons. The molecule has 0 aliphatic carbocycles. The van der Waals surface area contributed by atoms with E-state index in [0.29, 0.717) is 0 Å². The summed E-state index contributed by atoms with van der Waals surface area (Å²) in [5, 5.41) is 0. The van der Waals surface area contributed by atoms with Gasteiger partial charge in [0.15, 0.2) is 11.5 Å². The van der Waals surface area contributed by atoms with Gasteiger partial charge in [-0.25, -0.2) is 0 Å². The Hall–Kier alpha value is -1.96. The van der Waals surface area contributed by atoms with Crippen LogP contribution in [0.2, 0.25) is 0 Å². The number of rotatable bonds is 1. The Labute approximate surface area is 95.1 Å². The summed E-state index contributed by atoms with van der Waals surface area (Å²) in [4.78, 5) is 2.27. The van der Waals surface area contributed by atoms with Gasteiger partial charge < -0.3 is 9.64 Å². The molecule has 2 aromatic carbocycles. The summed E-state index contributed by atoms with van der Waals surface area (Å²) >= 11 is 0. The summed E-state index contributed by atoms with van der Waals surface area (Å²) in [6, 6.07) is 16.3. The summed E-state index contributed by atoms with van der Waals surface area (Å²) in [6.45, 7) is 3.09. The fraction of sp³-hybridized carbons (Fsp3) is 0.143. The molecule has 16 heavy (non-hydrogen) atoms. The molecule has 1 heterocycles. The minimum atomic E-state index is 0.933. The van der Waals surface area contributed by atoms with Crippen molar-refractivity contribution < 1.29 is 4.74 Å². The van der Waals surface area contributed by atoms with E-state index in [9.17, 15) is 0 Å². The summed E-state index contributed by atoms with van der Waals surface area (Å²) < 4.78 is 5.87. The summed E-state index contributed by atoms with van der Waals surface area (Å²) in [5.74, 6) is 1.87. The van der Waals surface area contributed by atoms with Crippen molar-refractivity contribution in [2.24, 2.45) is 0 Å². The first kappa shape index (κ1) is 9.28. The quantitative estimate of drug-likeness (QED) is 0.708. The maximum absolute atomic E-state index is 5.87. The molecule has 0 saturated heterocycles. The van der Waals surface area contributed by atoms with Crippen molar-refractivity contribution >= 4 is 11.4 Å².